The number of aliphatic hydroxyl groups excluding tert-OH is 5. The Morgan fingerprint density at radius 2 is 1.74 bits per heavy atom. The molecule has 316 valence electrons. The minimum absolute atomic E-state index is 0.0185. The fourth-order valence-electron chi connectivity index (χ4n) is 7.11. The number of phenolic OH excluding ortho intramolecular Hbond substituents is 1. The van der Waals surface area contributed by atoms with Gasteiger partial charge in [-0.1, -0.05) is 68.7 Å². The lowest BCUT2D eigenvalue weighted by molar-refractivity contribution is -0.277. The standard InChI is InChI=1S/C42H60N2O13/c1-24-14-13-17-28-20-30(55-42-39(51)38(50)37(49)33(23-45)57-42)21-31(36(28)48)44-34(46)22-29(54-4)18-11-6-5-7-12-19-32(25(2)35(24)47)56-41(53)26(3)43-40(52)27-15-9-8-10-16-27/h5-7,11-12,14,18,20-21,25-27,29,32-33,35,37-39,42,45,47-51H,8-10,13,15-17,19,22-23H2,1-4H3,(H,43,52)(H,44,46)/b6-5+,12-7+,18-11+,24-14-/t25-,26+,29-,32-,33+,35-,37+,38-,39+,42+/m0/s1. The highest BCUT2D eigenvalue weighted by Crippen LogP contribution is 2.36. The van der Waals surface area contributed by atoms with E-state index in [4.69, 9.17) is 18.9 Å². The summed E-state index contributed by atoms with van der Waals surface area (Å²) in [6, 6.07) is 1.90. The van der Waals surface area contributed by atoms with Gasteiger partial charge in [0, 0.05) is 37.0 Å². The number of hydrogen-bond acceptors (Lipinski definition) is 13. The number of hydrogen-bond donors (Lipinski definition) is 8. The second-order valence-corrected chi connectivity index (χ2v) is 15.1. The van der Waals surface area contributed by atoms with Crippen molar-refractivity contribution >= 4 is 23.5 Å². The second kappa shape index (κ2) is 22.2. The molecule has 1 aromatic carbocycles. The molecule has 4 rings (SSSR count). The number of benzene rings is 1. The first kappa shape index (κ1) is 45.6. The van der Waals surface area contributed by atoms with Crippen LogP contribution in [0.4, 0.5) is 5.69 Å². The molecule has 15 heteroatoms. The van der Waals surface area contributed by atoms with Gasteiger partial charge in [0.25, 0.3) is 0 Å². The van der Waals surface area contributed by atoms with Crippen molar-refractivity contribution in [1.82, 2.24) is 5.32 Å². The topological polar surface area (TPSA) is 234 Å². The van der Waals surface area contributed by atoms with Crippen molar-refractivity contribution in [3.05, 3.63) is 65.8 Å². The molecule has 1 saturated heterocycles. The first-order valence-corrected chi connectivity index (χ1v) is 19.7. The van der Waals surface area contributed by atoms with Crippen LogP contribution >= 0.6 is 0 Å². The molecule has 2 heterocycles. The molecule has 1 saturated carbocycles. The number of aliphatic hydroxyl groups is 5. The van der Waals surface area contributed by atoms with Crippen molar-refractivity contribution in [2.75, 3.05) is 19.0 Å². The molecule has 15 nitrogen and oxygen atoms in total. The number of methoxy groups -OCH3 is 1. The zero-order chi connectivity index (χ0) is 41.6. The summed E-state index contributed by atoms with van der Waals surface area (Å²) < 4.78 is 22.8. The van der Waals surface area contributed by atoms with Crippen LogP contribution in [0.3, 0.4) is 0 Å². The van der Waals surface area contributed by atoms with E-state index in [2.05, 4.69) is 10.6 Å². The van der Waals surface area contributed by atoms with Crippen molar-refractivity contribution in [3.63, 3.8) is 0 Å². The monoisotopic (exact) mass is 800 g/mol. The first-order valence-electron chi connectivity index (χ1n) is 19.7. The van der Waals surface area contributed by atoms with Gasteiger partial charge in [0.15, 0.2) is 0 Å². The predicted octanol–water partition coefficient (Wildman–Crippen LogP) is 2.86. The molecule has 1 aliphatic carbocycles. The summed E-state index contributed by atoms with van der Waals surface area (Å²) in [4.78, 5) is 39.3. The molecule has 1 aromatic rings. The van der Waals surface area contributed by atoms with Crippen molar-refractivity contribution in [2.24, 2.45) is 11.8 Å². The summed E-state index contributed by atoms with van der Waals surface area (Å²) in [6.45, 7) is 4.45. The van der Waals surface area contributed by atoms with Gasteiger partial charge in [0.2, 0.25) is 18.1 Å². The average Bonchev–Trinajstić information content (AvgIpc) is 3.20. The second-order valence-electron chi connectivity index (χ2n) is 15.1. The third kappa shape index (κ3) is 13.0. The third-order valence-corrected chi connectivity index (χ3v) is 10.8. The number of fused-ring (bicyclic) bond motifs is 2. The normalized spacial score (nSPS) is 32.9. The third-order valence-electron chi connectivity index (χ3n) is 10.8. The minimum atomic E-state index is -1.70. The van der Waals surface area contributed by atoms with Crippen LogP contribution in [0.5, 0.6) is 11.5 Å². The minimum Gasteiger partial charge on any atom is -0.505 e. The lowest BCUT2D eigenvalue weighted by Crippen LogP contribution is -2.60. The van der Waals surface area contributed by atoms with E-state index in [1.807, 2.05) is 6.08 Å². The first-order chi connectivity index (χ1) is 27.2. The number of carbonyl (C=O) groups excluding carboxylic acids is 3. The summed E-state index contributed by atoms with van der Waals surface area (Å²) in [7, 11) is 1.45. The number of aromatic hydroxyl groups is 1. The molecule has 8 N–H and O–H groups in total. The Kier molecular flexibility index (Phi) is 17.7. The van der Waals surface area contributed by atoms with Gasteiger partial charge >= 0.3 is 5.97 Å². The molecule has 2 bridgehead atoms. The van der Waals surface area contributed by atoms with Gasteiger partial charge in [-0.05, 0) is 51.2 Å². The van der Waals surface area contributed by atoms with E-state index in [9.17, 15) is 45.0 Å². The largest absolute Gasteiger partial charge is 0.505 e. The van der Waals surface area contributed by atoms with E-state index in [1.165, 1.54) is 19.2 Å². The number of allylic oxidation sites excluding steroid dienone is 5. The number of rotatable bonds is 8. The van der Waals surface area contributed by atoms with Crippen LogP contribution in [0.2, 0.25) is 0 Å². The number of carbonyl (C=O) groups is 3. The number of esters is 1. The fourth-order valence-corrected chi connectivity index (χ4v) is 7.11. The van der Waals surface area contributed by atoms with Crippen LogP contribution in [0, 0.1) is 11.8 Å². The highest BCUT2D eigenvalue weighted by Gasteiger charge is 2.45. The van der Waals surface area contributed by atoms with Gasteiger partial charge in [-0.3, -0.25) is 9.59 Å². The number of phenols is 1. The maximum atomic E-state index is 13.3. The molecule has 3 aliphatic rings. The summed E-state index contributed by atoms with van der Waals surface area (Å²) in [6.07, 6.45) is 7.38. The highest BCUT2D eigenvalue weighted by atomic mass is 16.7. The predicted molar refractivity (Wildman–Crippen MR) is 210 cm³/mol. The highest BCUT2D eigenvalue weighted by molar-refractivity contribution is 5.93. The lowest BCUT2D eigenvalue weighted by atomic mass is 9.88. The van der Waals surface area contributed by atoms with E-state index < -0.39 is 79.5 Å². The van der Waals surface area contributed by atoms with Crippen LogP contribution in [0.1, 0.15) is 77.7 Å². The van der Waals surface area contributed by atoms with Gasteiger partial charge in [-0.2, -0.15) is 0 Å². The van der Waals surface area contributed by atoms with E-state index in [0.717, 1.165) is 32.1 Å². The van der Waals surface area contributed by atoms with E-state index >= 15 is 0 Å². The summed E-state index contributed by atoms with van der Waals surface area (Å²) >= 11 is 0. The number of aryl methyl sites for hydroxylation is 1. The molecular weight excluding hydrogens is 740 g/mol. The van der Waals surface area contributed by atoms with Gasteiger partial charge in [-0.25, -0.2) is 4.79 Å². The molecule has 0 unspecified atom stereocenters. The van der Waals surface area contributed by atoms with E-state index in [-0.39, 0.29) is 48.3 Å². The van der Waals surface area contributed by atoms with Gasteiger partial charge in [0.1, 0.15) is 48.1 Å². The van der Waals surface area contributed by atoms with Crippen molar-refractivity contribution < 1.29 is 64.0 Å². The zero-order valence-electron chi connectivity index (χ0n) is 33.2. The number of anilines is 1. The maximum Gasteiger partial charge on any atom is 0.328 e. The zero-order valence-corrected chi connectivity index (χ0v) is 33.2. The Bertz CT molecular complexity index is 1620. The average molecular weight is 801 g/mol. The van der Waals surface area contributed by atoms with Crippen LogP contribution in [-0.2, 0) is 35.0 Å². The number of nitrogens with one attached hydrogen (secondary N) is 2. The molecule has 2 fully saturated rings. The number of ether oxygens (including phenoxy) is 4. The molecule has 0 aromatic heterocycles. The summed E-state index contributed by atoms with van der Waals surface area (Å²) in [5, 5.41) is 69.0. The summed E-state index contributed by atoms with van der Waals surface area (Å²) in [5.41, 5.74) is 0.879. The van der Waals surface area contributed by atoms with Crippen LogP contribution in [0.15, 0.2) is 60.2 Å². The van der Waals surface area contributed by atoms with Crippen LogP contribution in [-0.4, -0.2) is 117 Å². The Labute approximate surface area is 334 Å². The van der Waals surface area contributed by atoms with E-state index in [1.54, 1.807) is 57.2 Å². The maximum absolute atomic E-state index is 13.3. The quantitative estimate of drug-likeness (QED) is 0.108. The van der Waals surface area contributed by atoms with Gasteiger partial charge < -0.3 is 60.2 Å². The Balaban J connectivity index is 1.59. The molecule has 0 spiro atoms. The van der Waals surface area contributed by atoms with Crippen LogP contribution in [0.25, 0.3) is 0 Å². The van der Waals surface area contributed by atoms with Crippen LogP contribution < -0.4 is 15.4 Å². The summed E-state index contributed by atoms with van der Waals surface area (Å²) in [5.74, 6) is -2.17. The molecule has 10 atom stereocenters. The molecule has 2 amide bonds. The van der Waals surface area contributed by atoms with E-state index in [0.29, 0.717) is 17.6 Å². The molecule has 0 radical (unpaired) electrons. The smallest absolute Gasteiger partial charge is 0.328 e. The lowest BCUT2D eigenvalue weighted by Gasteiger charge is -2.39. The fraction of sp³-hybridized carbons (Fsp3) is 0.595. The van der Waals surface area contributed by atoms with Crippen molar-refractivity contribution in [2.45, 2.75) is 134 Å². The molecule has 2 aliphatic heterocycles. The van der Waals surface area contributed by atoms with Gasteiger partial charge in [-0.15, -0.1) is 0 Å². The Morgan fingerprint density at radius 1 is 1.02 bits per heavy atom. The number of amides is 2. The molecule has 57 heavy (non-hydrogen) atoms. The van der Waals surface area contributed by atoms with Crippen molar-refractivity contribution in [1.29, 1.82) is 0 Å². The Morgan fingerprint density at radius 3 is 2.44 bits per heavy atom. The van der Waals surface area contributed by atoms with Gasteiger partial charge in [0.05, 0.1) is 30.9 Å². The Hall–Kier alpha value is -4.09. The van der Waals surface area contributed by atoms with Crippen molar-refractivity contribution in [3.8, 4) is 11.5 Å². The SMILES string of the molecule is CO[C@H]1/C=C/C=C/C=C/C[C@H](OC(=O)[C@@H](C)NC(=O)C2CCCCC2)[C@H](C)[C@@H](O)/C(C)=C\CCc2cc(O[C@@H]3O[C@H](CO)[C@@H](O)[C@H](O)[C@H]3O)cc(c2O)NC(=O)C1. The molecular formula is C42H60N2O13.